The second-order valence-corrected chi connectivity index (χ2v) is 8.76. The molecule has 1 fully saturated rings. The SMILES string of the molecule is CCCCCCCCCCCCCC[N+](CC)(CC)C1CCCCC1.[OH-]. The first-order valence-corrected chi connectivity index (χ1v) is 12.1. The Morgan fingerprint density at radius 1 is 0.577 bits per heavy atom. The molecule has 0 aromatic heterocycles. The van der Waals surface area contributed by atoms with E-state index in [0.717, 1.165) is 6.04 Å². The van der Waals surface area contributed by atoms with Gasteiger partial charge in [0, 0.05) is 0 Å². The van der Waals surface area contributed by atoms with E-state index in [2.05, 4.69) is 20.8 Å². The zero-order valence-corrected chi connectivity index (χ0v) is 18.6. The van der Waals surface area contributed by atoms with Gasteiger partial charge in [-0.05, 0) is 52.4 Å². The van der Waals surface area contributed by atoms with Crippen LogP contribution in [0.15, 0.2) is 0 Å². The van der Waals surface area contributed by atoms with E-state index in [4.69, 9.17) is 0 Å². The molecule has 0 aromatic rings. The summed E-state index contributed by atoms with van der Waals surface area (Å²) in [5.74, 6) is 0. The predicted octanol–water partition coefficient (Wildman–Crippen LogP) is 7.70. The maximum absolute atomic E-state index is 2.44. The molecule has 0 heterocycles. The summed E-state index contributed by atoms with van der Waals surface area (Å²) in [4.78, 5) is 0. The van der Waals surface area contributed by atoms with Crippen LogP contribution in [0.1, 0.15) is 130 Å². The van der Waals surface area contributed by atoms with Crippen molar-refractivity contribution in [3.05, 3.63) is 0 Å². The Hall–Kier alpha value is -0.0800. The first-order chi connectivity index (χ1) is 12.3. The summed E-state index contributed by atoms with van der Waals surface area (Å²) in [6.45, 7) is 11.4. The fourth-order valence-corrected chi connectivity index (χ4v) is 5.14. The van der Waals surface area contributed by atoms with Crippen LogP contribution in [0.5, 0.6) is 0 Å². The van der Waals surface area contributed by atoms with Crippen molar-refractivity contribution in [3.63, 3.8) is 0 Å². The van der Waals surface area contributed by atoms with Crippen LogP contribution in [0, 0.1) is 0 Å². The van der Waals surface area contributed by atoms with E-state index in [0.29, 0.717) is 0 Å². The molecule has 0 aromatic carbocycles. The van der Waals surface area contributed by atoms with Crippen molar-refractivity contribution in [3.8, 4) is 0 Å². The highest BCUT2D eigenvalue weighted by molar-refractivity contribution is 4.67. The molecule has 0 unspecified atom stereocenters. The van der Waals surface area contributed by atoms with Gasteiger partial charge in [0.05, 0.1) is 25.7 Å². The molecule has 0 spiro atoms. The van der Waals surface area contributed by atoms with Gasteiger partial charge in [-0.3, -0.25) is 0 Å². The van der Waals surface area contributed by atoms with Crippen LogP contribution >= 0.6 is 0 Å². The largest absolute Gasteiger partial charge is 0.870 e. The lowest BCUT2D eigenvalue weighted by atomic mass is 9.91. The standard InChI is InChI=1S/C24H50N.H2O/c1-4-7-8-9-10-11-12-13-14-15-16-20-23-25(5-2,6-3)24-21-18-17-19-22-24;/h24H,4-23H2,1-3H3;1H2/q+1;/p-1. The van der Waals surface area contributed by atoms with E-state index in [1.165, 1.54) is 133 Å². The quantitative estimate of drug-likeness (QED) is 0.202. The molecule has 1 aliphatic carbocycles. The Morgan fingerprint density at radius 3 is 1.42 bits per heavy atom. The second kappa shape index (κ2) is 17.0. The van der Waals surface area contributed by atoms with Gasteiger partial charge in [-0.15, -0.1) is 0 Å². The van der Waals surface area contributed by atoms with Crippen molar-refractivity contribution in [1.82, 2.24) is 0 Å². The maximum Gasteiger partial charge on any atom is 0.0890 e. The molecule has 0 atom stereocenters. The number of rotatable bonds is 16. The van der Waals surface area contributed by atoms with Crippen LogP contribution in [-0.4, -0.2) is 35.6 Å². The fraction of sp³-hybridized carbons (Fsp3) is 1.00. The van der Waals surface area contributed by atoms with Gasteiger partial charge in [0.2, 0.25) is 0 Å². The molecule has 0 amide bonds. The van der Waals surface area contributed by atoms with Crippen LogP contribution in [0.25, 0.3) is 0 Å². The van der Waals surface area contributed by atoms with Crippen molar-refractivity contribution in [1.29, 1.82) is 0 Å². The number of quaternary nitrogens is 1. The zero-order chi connectivity index (χ0) is 18.2. The monoisotopic (exact) mass is 369 g/mol. The van der Waals surface area contributed by atoms with Gasteiger partial charge in [0.1, 0.15) is 0 Å². The molecule has 158 valence electrons. The first-order valence-electron chi connectivity index (χ1n) is 12.1. The van der Waals surface area contributed by atoms with Gasteiger partial charge in [0.25, 0.3) is 0 Å². The normalized spacial score (nSPS) is 15.8. The lowest BCUT2D eigenvalue weighted by molar-refractivity contribution is -0.949. The Bertz CT molecular complexity index is 282. The van der Waals surface area contributed by atoms with E-state index in [-0.39, 0.29) is 5.48 Å². The Balaban J connectivity index is 0.00000625. The summed E-state index contributed by atoms with van der Waals surface area (Å²) in [5, 5.41) is 0. The summed E-state index contributed by atoms with van der Waals surface area (Å²) in [6.07, 6.45) is 25.1. The third-order valence-corrected chi connectivity index (χ3v) is 7.07. The smallest absolute Gasteiger partial charge is 0.0890 e. The summed E-state index contributed by atoms with van der Waals surface area (Å²) < 4.78 is 1.43. The molecular weight excluding hydrogens is 318 g/mol. The van der Waals surface area contributed by atoms with Crippen molar-refractivity contribution >= 4 is 0 Å². The lowest BCUT2D eigenvalue weighted by Crippen LogP contribution is -2.56. The molecule has 2 heteroatoms. The van der Waals surface area contributed by atoms with E-state index in [9.17, 15) is 0 Å². The molecular formula is C24H51NO. The molecule has 0 aliphatic heterocycles. The molecule has 0 saturated heterocycles. The van der Waals surface area contributed by atoms with Gasteiger partial charge in [0.15, 0.2) is 0 Å². The molecule has 1 saturated carbocycles. The number of nitrogens with zero attached hydrogens (tertiary/aromatic N) is 1. The Labute approximate surface area is 166 Å². The van der Waals surface area contributed by atoms with Crippen molar-refractivity contribution in [2.45, 2.75) is 136 Å². The van der Waals surface area contributed by atoms with Crippen molar-refractivity contribution in [2.75, 3.05) is 19.6 Å². The molecule has 26 heavy (non-hydrogen) atoms. The third kappa shape index (κ3) is 10.3. The van der Waals surface area contributed by atoms with Crippen LogP contribution in [0.4, 0.5) is 0 Å². The molecule has 1 rings (SSSR count). The Kier molecular flexibility index (Phi) is 17.0. The minimum Gasteiger partial charge on any atom is -0.870 e. The molecule has 0 bridgehead atoms. The van der Waals surface area contributed by atoms with E-state index in [1.807, 2.05) is 0 Å². The molecule has 2 nitrogen and oxygen atoms in total. The second-order valence-electron chi connectivity index (χ2n) is 8.76. The highest BCUT2D eigenvalue weighted by Crippen LogP contribution is 2.29. The zero-order valence-electron chi connectivity index (χ0n) is 18.6. The van der Waals surface area contributed by atoms with Gasteiger partial charge in [-0.2, -0.15) is 0 Å². The average Bonchev–Trinajstić information content (AvgIpc) is 2.67. The number of hydrogen-bond donors (Lipinski definition) is 0. The first kappa shape index (κ1) is 25.9. The fourth-order valence-electron chi connectivity index (χ4n) is 5.14. The van der Waals surface area contributed by atoms with Crippen molar-refractivity contribution in [2.24, 2.45) is 0 Å². The number of hydrogen-bond acceptors (Lipinski definition) is 1. The minimum atomic E-state index is 0. The summed E-state index contributed by atoms with van der Waals surface area (Å²) in [7, 11) is 0. The van der Waals surface area contributed by atoms with Crippen LogP contribution in [0.2, 0.25) is 0 Å². The van der Waals surface area contributed by atoms with E-state index in [1.54, 1.807) is 0 Å². The minimum absolute atomic E-state index is 0. The highest BCUT2D eigenvalue weighted by atomic mass is 16.0. The van der Waals surface area contributed by atoms with Gasteiger partial charge >= 0.3 is 0 Å². The topological polar surface area (TPSA) is 30.0 Å². The maximum atomic E-state index is 2.44. The van der Waals surface area contributed by atoms with Crippen molar-refractivity contribution < 1.29 is 9.96 Å². The van der Waals surface area contributed by atoms with E-state index >= 15 is 0 Å². The average molecular weight is 370 g/mol. The molecule has 1 N–H and O–H groups in total. The van der Waals surface area contributed by atoms with Gasteiger partial charge < -0.3 is 9.96 Å². The summed E-state index contributed by atoms with van der Waals surface area (Å²) in [6, 6.07) is 0.983. The summed E-state index contributed by atoms with van der Waals surface area (Å²) >= 11 is 0. The number of unbranched alkanes of at least 4 members (excludes halogenated alkanes) is 11. The summed E-state index contributed by atoms with van der Waals surface area (Å²) in [5.41, 5.74) is 0. The third-order valence-electron chi connectivity index (χ3n) is 7.07. The molecule has 1 aliphatic rings. The highest BCUT2D eigenvalue weighted by Gasteiger charge is 2.34. The molecule has 0 radical (unpaired) electrons. The Morgan fingerprint density at radius 2 is 1.00 bits per heavy atom. The predicted molar refractivity (Wildman–Crippen MR) is 116 cm³/mol. The van der Waals surface area contributed by atoms with Gasteiger partial charge in [-0.25, -0.2) is 0 Å². The lowest BCUT2D eigenvalue weighted by Gasteiger charge is -2.45. The van der Waals surface area contributed by atoms with Crippen LogP contribution < -0.4 is 0 Å². The van der Waals surface area contributed by atoms with E-state index < -0.39 is 0 Å². The van der Waals surface area contributed by atoms with Crippen LogP contribution in [-0.2, 0) is 0 Å². The van der Waals surface area contributed by atoms with Crippen LogP contribution in [0.3, 0.4) is 0 Å². The van der Waals surface area contributed by atoms with Gasteiger partial charge in [-0.1, -0.05) is 77.6 Å².